The van der Waals surface area contributed by atoms with Crippen molar-refractivity contribution in [1.82, 2.24) is 4.90 Å². The molecule has 140 valence electrons. The van der Waals surface area contributed by atoms with E-state index in [4.69, 9.17) is 10.2 Å². The van der Waals surface area contributed by atoms with Gasteiger partial charge in [-0.25, -0.2) is 0 Å². The molecule has 4 rings (SSSR count). The normalized spacial score (nSPS) is 15.3. The molecule has 0 bridgehead atoms. The summed E-state index contributed by atoms with van der Waals surface area (Å²) in [6.07, 6.45) is 3.48. The number of nitrogens with zero attached hydrogens (tertiary/aromatic N) is 1. The minimum Gasteiger partial charge on any atom is -0.508 e. The first kappa shape index (κ1) is 17.4. The Morgan fingerprint density at radius 3 is 2.41 bits per heavy atom. The Morgan fingerprint density at radius 1 is 1.04 bits per heavy atom. The van der Waals surface area contributed by atoms with Gasteiger partial charge in [0.25, 0.3) is 5.91 Å². The molecule has 2 aromatic carbocycles. The summed E-state index contributed by atoms with van der Waals surface area (Å²) < 4.78 is 5.96. The van der Waals surface area contributed by atoms with Crippen LogP contribution >= 0.6 is 0 Å². The van der Waals surface area contributed by atoms with Gasteiger partial charge in [0.05, 0.1) is 5.56 Å². The zero-order chi connectivity index (χ0) is 19.0. The summed E-state index contributed by atoms with van der Waals surface area (Å²) in [5.74, 6) is -0.00198. The molecule has 0 atom stereocenters. The van der Waals surface area contributed by atoms with Crippen molar-refractivity contribution in [3.8, 4) is 22.8 Å². The van der Waals surface area contributed by atoms with Gasteiger partial charge < -0.3 is 20.4 Å². The highest BCUT2D eigenvalue weighted by Crippen LogP contribution is 2.39. The highest BCUT2D eigenvalue weighted by molar-refractivity contribution is 6.12. The van der Waals surface area contributed by atoms with Crippen LogP contribution in [0.2, 0.25) is 0 Å². The van der Waals surface area contributed by atoms with Crippen molar-refractivity contribution in [1.29, 1.82) is 0 Å². The maximum Gasteiger partial charge on any atom is 0.253 e. The van der Waals surface area contributed by atoms with Crippen LogP contribution in [0.4, 0.5) is 0 Å². The van der Waals surface area contributed by atoms with Gasteiger partial charge in [-0.3, -0.25) is 9.69 Å². The van der Waals surface area contributed by atoms with Crippen LogP contribution in [0.15, 0.2) is 40.8 Å². The molecule has 4 N–H and O–H groups in total. The standard InChI is InChI=1S/C21H22N2O4/c22-21(26)19-18-15(12-23-10-2-1-3-11-23)16(25)8-9-17(18)27-20(19)13-4-6-14(24)7-5-13/h4-9,24-25H,1-3,10-12H2,(H2,22,26). The number of benzene rings is 2. The van der Waals surface area contributed by atoms with E-state index < -0.39 is 5.91 Å². The van der Waals surface area contributed by atoms with E-state index in [1.54, 1.807) is 24.3 Å². The second-order valence-corrected chi connectivity index (χ2v) is 6.99. The fourth-order valence-corrected chi connectivity index (χ4v) is 3.80. The number of amides is 1. The van der Waals surface area contributed by atoms with Gasteiger partial charge in [-0.15, -0.1) is 0 Å². The van der Waals surface area contributed by atoms with Gasteiger partial charge >= 0.3 is 0 Å². The first-order chi connectivity index (χ1) is 13.0. The molecule has 6 nitrogen and oxygen atoms in total. The van der Waals surface area contributed by atoms with Crippen LogP contribution in [0.25, 0.3) is 22.3 Å². The Kier molecular flexibility index (Phi) is 4.49. The minimum absolute atomic E-state index is 0.124. The molecule has 3 aromatic rings. The SMILES string of the molecule is NC(=O)c1c(-c2ccc(O)cc2)oc2ccc(O)c(CN3CCCCC3)c12. The number of aromatic hydroxyl groups is 2. The number of carbonyl (C=O) groups is 1. The lowest BCUT2D eigenvalue weighted by molar-refractivity contribution is 0.100. The zero-order valence-corrected chi connectivity index (χ0v) is 14.9. The van der Waals surface area contributed by atoms with Crippen molar-refractivity contribution in [2.75, 3.05) is 13.1 Å². The molecule has 1 aliphatic heterocycles. The number of likely N-dealkylation sites (tertiary alicyclic amines) is 1. The number of nitrogens with two attached hydrogens (primary N) is 1. The van der Waals surface area contributed by atoms with Crippen molar-refractivity contribution < 1.29 is 19.4 Å². The molecule has 1 amide bonds. The number of phenols is 2. The summed E-state index contributed by atoms with van der Waals surface area (Å²) in [7, 11) is 0. The van der Waals surface area contributed by atoms with Crippen LogP contribution in [0, 0.1) is 0 Å². The van der Waals surface area contributed by atoms with Gasteiger partial charge in [0.1, 0.15) is 22.8 Å². The van der Waals surface area contributed by atoms with Crippen LogP contribution in [0.5, 0.6) is 11.5 Å². The number of phenolic OH excluding ortho intramolecular Hbond substituents is 2. The van der Waals surface area contributed by atoms with Crippen LogP contribution in [-0.4, -0.2) is 34.1 Å². The predicted molar refractivity (Wildman–Crippen MR) is 103 cm³/mol. The Morgan fingerprint density at radius 2 is 1.74 bits per heavy atom. The largest absolute Gasteiger partial charge is 0.508 e. The van der Waals surface area contributed by atoms with E-state index in [2.05, 4.69) is 4.90 Å². The van der Waals surface area contributed by atoms with E-state index in [0.717, 1.165) is 25.9 Å². The number of carbonyl (C=O) groups excluding carboxylic acids is 1. The van der Waals surface area contributed by atoms with E-state index in [-0.39, 0.29) is 17.1 Å². The van der Waals surface area contributed by atoms with Crippen LogP contribution in [0.1, 0.15) is 35.2 Å². The molecule has 0 radical (unpaired) electrons. The number of hydrogen-bond acceptors (Lipinski definition) is 5. The highest BCUT2D eigenvalue weighted by Gasteiger charge is 2.25. The Balaban J connectivity index is 1.89. The first-order valence-electron chi connectivity index (χ1n) is 9.13. The number of piperidine rings is 1. The van der Waals surface area contributed by atoms with Crippen LogP contribution < -0.4 is 5.73 Å². The van der Waals surface area contributed by atoms with Crippen molar-refractivity contribution in [3.05, 3.63) is 47.5 Å². The molecule has 1 fully saturated rings. The van der Waals surface area contributed by atoms with Gasteiger partial charge in [-0.1, -0.05) is 6.42 Å². The van der Waals surface area contributed by atoms with Gasteiger partial charge in [0.2, 0.25) is 0 Å². The summed E-state index contributed by atoms with van der Waals surface area (Å²) in [5, 5.41) is 20.6. The van der Waals surface area contributed by atoms with E-state index in [0.29, 0.717) is 34.4 Å². The number of furan rings is 1. The molecule has 0 unspecified atom stereocenters. The van der Waals surface area contributed by atoms with E-state index in [9.17, 15) is 15.0 Å². The van der Waals surface area contributed by atoms with Crippen molar-refractivity contribution in [2.24, 2.45) is 5.73 Å². The first-order valence-corrected chi connectivity index (χ1v) is 9.13. The lowest BCUT2D eigenvalue weighted by Crippen LogP contribution is -2.29. The second kappa shape index (κ2) is 6.96. The Bertz CT molecular complexity index is 986. The number of fused-ring (bicyclic) bond motifs is 1. The second-order valence-electron chi connectivity index (χ2n) is 6.99. The summed E-state index contributed by atoms with van der Waals surface area (Å²) in [5.41, 5.74) is 7.78. The Labute approximate surface area is 156 Å². The topological polar surface area (TPSA) is 99.9 Å². The monoisotopic (exact) mass is 366 g/mol. The fraction of sp³-hybridized carbons (Fsp3) is 0.286. The zero-order valence-electron chi connectivity index (χ0n) is 14.9. The van der Waals surface area contributed by atoms with Crippen molar-refractivity contribution in [2.45, 2.75) is 25.8 Å². The minimum atomic E-state index is -0.609. The van der Waals surface area contributed by atoms with E-state index >= 15 is 0 Å². The average molecular weight is 366 g/mol. The smallest absolute Gasteiger partial charge is 0.253 e. The van der Waals surface area contributed by atoms with Crippen LogP contribution in [-0.2, 0) is 6.54 Å². The fourth-order valence-electron chi connectivity index (χ4n) is 3.80. The van der Waals surface area contributed by atoms with Gasteiger partial charge in [-0.2, -0.15) is 0 Å². The van der Waals surface area contributed by atoms with Crippen LogP contribution in [0.3, 0.4) is 0 Å². The van der Waals surface area contributed by atoms with E-state index in [1.807, 2.05) is 0 Å². The number of primary amides is 1. The maximum atomic E-state index is 12.3. The lowest BCUT2D eigenvalue weighted by atomic mass is 9.99. The predicted octanol–water partition coefficient (Wildman–Crippen LogP) is 3.60. The number of rotatable bonds is 4. The van der Waals surface area contributed by atoms with Crippen molar-refractivity contribution >= 4 is 16.9 Å². The molecule has 0 aliphatic carbocycles. The third kappa shape index (κ3) is 3.24. The average Bonchev–Trinajstić information content (AvgIpc) is 3.05. The summed E-state index contributed by atoms with van der Waals surface area (Å²) in [4.78, 5) is 14.6. The molecular weight excluding hydrogens is 344 g/mol. The molecule has 27 heavy (non-hydrogen) atoms. The van der Waals surface area contributed by atoms with Gasteiger partial charge in [0.15, 0.2) is 0 Å². The Hall–Kier alpha value is -2.99. The summed E-state index contributed by atoms with van der Waals surface area (Å²) in [6.45, 7) is 2.47. The summed E-state index contributed by atoms with van der Waals surface area (Å²) >= 11 is 0. The lowest BCUT2D eigenvalue weighted by Gasteiger charge is -2.27. The maximum absolute atomic E-state index is 12.3. The quantitative estimate of drug-likeness (QED) is 0.655. The molecular formula is C21H22N2O4. The third-order valence-corrected chi connectivity index (χ3v) is 5.15. The molecule has 1 aliphatic rings. The highest BCUT2D eigenvalue weighted by atomic mass is 16.3. The molecule has 0 spiro atoms. The molecule has 6 heteroatoms. The van der Waals surface area contributed by atoms with Gasteiger partial charge in [0, 0.05) is 23.1 Å². The number of hydrogen-bond donors (Lipinski definition) is 3. The molecule has 1 aromatic heterocycles. The molecule has 0 saturated carbocycles. The summed E-state index contributed by atoms with van der Waals surface area (Å²) in [6, 6.07) is 9.64. The third-order valence-electron chi connectivity index (χ3n) is 5.15. The van der Waals surface area contributed by atoms with E-state index in [1.165, 1.54) is 18.6 Å². The molecule has 1 saturated heterocycles. The van der Waals surface area contributed by atoms with Crippen molar-refractivity contribution in [3.63, 3.8) is 0 Å². The molecule has 2 heterocycles. The van der Waals surface area contributed by atoms with Gasteiger partial charge in [-0.05, 0) is 62.3 Å².